The molecule has 0 radical (unpaired) electrons. The van der Waals surface area contributed by atoms with Crippen LogP contribution >= 0.6 is 0 Å². The van der Waals surface area contributed by atoms with Gasteiger partial charge in [-0.3, -0.25) is 0 Å². The molecular weight excluding hydrogens is 290 g/mol. The van der Waals surface area contributed by atoms with E-state index in [1.807, 2.05) is 48.5 Å². The molecule has 1 aromatic heterocycles. The highest BCUT2D eigenvalue weighted by atomic mass is 16.4. The molecule has 0 spiro atoms. The zero-order valence-electron chi connectivity index (χ0n) is 12.7. The molecule has 2 N–H and O–H groups in total. The quantitative estimate of drug-likeness (QED) is 0.725. The first kappa shape index (κ1) is 14.9. The summed E-state index contributed by atoms with van der Waals surface area (Å²) in [6, 6.07) is 19.0. The lowest BCUT2D eigenvalue weighted by Gasteiger charge is -2.10. The summed E-state index contributed by atoms with van der Waals surface area (Å²) < 4.78 is 5.83. The van der Waals surface area contributed by atoms with Crippen molar-refractivity contribution in [3.63, 3.8) is 0 Å². The molecule has 3 rings (SSSR count). The lowest BCUT2D eigenvalue weighted by molar-refractivity contribution is 0.0696. The zero-order chi connectivity index (χ0) is 16.2. The maximum atomic E-state index is 11.2. The number of hydrogen-bond donors (Lipinski definition) is 2. The van der Waals surface area contributed by atoms with Crippen molar-refractivity contribution in [2.24, 2.45) is 0 Å². The zero-order valence-corrected chi connectivity index (χ0v) is 12.7. The van der Waals surface area contributed by atoms with Crippen molar-refractivity contribution < 1.29 is 14.3 Å². The van der Waals surface area contributed by atoms with Gasteiger partial charge in [0.25, 0.3) is 0 Å². The summed E-state index contributed by atoms with van der Waals surface area (Å²) in [6.45, 7) is 2.29. The predicted molar refractivity (Wildman–Crippen MR) is 89.6 cm³/mol. The van der Waals surface area contributed by atoms with Crippen LogP contribution in [0.1, 0.15) is 21.7 Å². The molecule has 0 aliphatic rings. The van der Waals surface area contributed by atoms with Crippen molar-refractivity contribution in [3.8, 4) is 11.3 Å². The highest BCUT2D eigenvalue weighted by Gasteiger charge is 2.10. The summed E-state index contributed by atoms with van der Waals surface area (Å²) in [5.74, 6) is 0.693. The molecular formula is C19H17NO3. The van der Waals surface area contributed by atoms with Crippen LogP contribution in [0, 0.1) is 6.92 Å². The largest absolute Gasteiger partial charge is 0.478 e. The second kappa shape index (κ2) is 6.40. The van der Waals surface area contributed by atoms with Crippen molar-refractivity contribution in [2.45, 2.75) is 13.5 Å². The van der Waals surface area contributed by atoms with E-state index >= 15 is 0 Å². The van der Waals surface area contributed by atoms with Crippen molar-refractivity contribution in [3.05, 3.63) is 77.6 Å². The molecule has 4 heteroatoms. The third-order valence-corrected chi connectivity index (χ3v) is 3.74. The van der Waals surface area contributed by atoms with E-state index in [4.69, 9.17) is 9.52 Å². The fourth-order valence-corrected chi connectivity index (χ4v) is 2.47. The summed E-state index contributed by atoms with van der Waals surface area (Å²) >= 11 is 0. The number of nitrogens with one attached hydrogen (secondary N) is 1. The number of aromatic carboxylic acids is 1. The molecule has 0 fully saturated rings. The Labute approximate surface area is 134 Å². The lowest BCUT2D eigenvalue weighted by atomic mass is 10.1. The van der Waals surface area contributed by atoms with E-state index in [-0.39, 0.29) is 0 Å². The normalized spacial score (nSPS) is 10.5. The van der Waals surface area contributed by atoms with Crippen LogP contribution in [0.5, 0.6) is 0 Å². The first-order valence-electron chi connectivity index (χ1n) is 7.36. The average molecular weight is 307 g/mol. The van der Waals surface area contributed by atoms with E-state index in [1.54, 1.807) is 19.1 Å². The standard InChI is InChI=1S/C19H17NO3/c1-13-16(19(21)22)8-5-9-17(13)20-12-15-10-11-18(23-15)14-6-3-2-4-7-14/h2-11,20H,12H2,1H3,(H,21,22). The highest BCUT2D eigenvalue weighted by molar-refractivity contribution is 5.91. The van der Waals surface area contributed by atoms with Crippen molar-refractivity contribution in [2.75, 3.05) is 5.32 Å². The van der Waals surface area contributed by atoms with Crippen LogP contribution in [-0.4, -0.2) is 11.1 Å². The van der Waals surface area contributed by atoms with Crippen LogP contribution in [-0.2, 0) is 6.54 Å². The van der Waals surface area contributed by atoms with Gasteiger partial charge in [-0.05, 0) is 36.8 Å². The molecule has 0 unspecified atom stereocenters. The summed E-state index contributed by atoms with van der Waals surface area (Å²) in [5.41, 5.74) is 2.85. The van der Waals surface area contributed by atoms with E-state index < -0.39 is 5.97 Å². The van der Waals surface area contributed by atoms with Crippen LogP contribution in [0.4, 0.5) is 5.69 Å². The molecule has 0 amide bonds. The topological polar surface area (TPSA) is 62.5 Å². The summed E-state index contributed by atoms with van der Waals surface area (Å²) in [6.07, 6.45) is 0. The highest BCUT2D eigenvalue weighted by Crippen LogP contribution is 2.23. The molecule has 116 valence electrons. The Bertz CT molecular complexity index is 822. The molecule has 0 saturated carbocycles. The molecule has 0 atom stereocenters. The van der Waals surface area contributed by atoms with Gasteiger partial charge < -0.3 is 14.8 Å². The van der Waals surface area contributed by atoms with Gasteiger partial charge in [-0.1, -0.05) is 36.4 Å². The Hall–Kier alpha value is -3.01. The van der Waals surface area contributed by atoms with Crippen LogP contribution in [0.15, 0.2) is 65.1 Å². The number of benzene rings is 2. The van der Waals surface area contributed by atoms with E-state index in [2.05, 4.69) is 5.32 Å². The third kappa shape index (κ3) is 3.26. The lowest BCUT2D eigenvalue weighted by Crippen LogP contribution is -2.05. The second-order valence-electron chi connectivity index (χ2n) is 5.27. The first-order chi connectivity index (χ1) is 11.1. The number of rotatable bonds is 5. The first-order valence-corrected chi connectivity index (χ1v) is 7.36. The van der Waals surface area contributed by atoms with Crippen LogP contribution < -0.4 is 5.32 Å². The Balaban J connectivity index is 1.74. The van der Waals surface area contributed by atoms with Gasteiger partial charge in [0.1, 0.15) is 11.5 Å². The number of furan rings is 1. The summed E-state index contributed by atoms with van der Waals surface area (Å²) in [4.78, 5) is 11.2. The molecule has 0 saturated heterocycles. The van der Waals surface area contributed by atoms with Gasteiger partial charge in [0.05, 0.1) is 12.1 Å². The molecule has 0 bridgehead atoms. The molecule has 23 heavy (non-hydrogen) atoms. The van der Waals surface area contributed by atoms with Gasteiger partial charge in [0.15, 0.2) is 0 Å². The molecule has 2 aromatic carbocycles. The van der Waals surface area contributed by atoms with Crippen molar-refractivity contribution in [1.29, 1.82) is 0 Å². The number of carboxylic acid groups (broad SMARTS) is 1. The minimum atomic E-state index is -0.921. The smallest absolute Gasteiger partial charge is 0.336 e. The third-order valence-electron chi connectivity index (χ3n) is 3.74. The van der Waals surface area contributed by atoms with Gasteiger partial charge in [-0.15, -0.1) is 0 Å². The SMILES string of the molecule is Cc1c(NCc2ccc(-c3ccccc3)o2)cccc1C(=O)O. The number of carbonyl (C=O) groups is 1. The van der Waals surface area contributed by atoms with Crippen molar-refractivity contribution >= 4 is 11.7 Å². The van der Waals surface area contributed by atoms with Crippen molar-refractivity contribution in [1.82, 2.24) is 0 Å². The van der Waals surface area contributed by atoms with Gasteiger partial charge in [-0.25, -0.2) is 4.79 Å². The number of hydrogen-bond acceptors (Lipinski definition) is 3. The van der Waals surface area contributed by atoms with Crippen LogP contribution in [0.2, 0.25) is 0 Å². The monoisotopic (exact) mass is 307 g/mol. The number of anilines is 1. The minimum Gasteiger partial charge on any atom is -0.478 e. The van der Waals surface area contributed by atoms with Gasteiger partial charge in [0, 0.05) is 11.3 Å². The van der Waals surface area contributed by atoms with Gasteiger partial charge in [0.2, 0.25) is 0 Å². The minimum absolute atomic E-state index is 0.305. The molecule has 0 aliphatic heterocycles. The number of carboxylic acids is 1. The molecule has 0 aliphatic carbocycles. The fourth-order valence-electron chi connectivity index (χ4n) is 2.47. The maximum absolute atomic E-state index is 11.2. The Morgan fingerprint density at radius 3 is 2.57 bits per heavy atom. The Morgan fingerprint density at radius 2 is 1.83 bits per heavy atom. The van der Waals surface area contributed by atoms with E-state index in [0.29, 0.717) is 12.1 Å². The fraction of sp³-hybridized carbons (Fsp3) is 0.105. The Kier molecular flexibility index (Phi) is 4.15. The van der Waals surface area contributed by atoms with E-state index in [0.717, 1.165) is 28.3 Å². The van der Waals surface area contributed by atoms with Crippen LogP contribution in [0.25, 0.3) is 11.3 Å². The maximum Gasteiger partial charge on any atom is 0.336 e. The summed E-state index contributed by atoms with van der Waals surface area (Å²) in [7, 11) is 0. The Morgan fingerprint density at radius 1 is 1.04 bits per heavy atom. The summed E-state index contributed by atoms with van der Waals surface area (Å²) in [5, 5.41) is 12.4. The van der Waals surface area contributed by atoms with Gasteiger partial charge >= 0.3 is 5.97 Å². The van der Waals surface area contributed by atoms with E-state index in [9.17, 15) is 4.79 Å². The van der Waals surface area contributed by atoms with Crippen LogP contribution in [0.3, 0.4) is 0 Å². The predicted octanol–water partition coefficient (Wildman–Crippen LogP) is 4.57. The van der Waals surface area contributed by atoms with E-state index in [1.165, 1.54) is 0 Å². The molecule has 3 aromatic rings. The molecule has 1 heterocycles. The average Bonchev–Trinajstić information content (AvgIpc) is 3.03. The second-order valence-corrected chi connectivity index (χ2v) is 5.27. The molecule has 4 nitrogen and oxygen atoms in total. The van der Waals surface area contributed by atoms with Gasteiger partial charge in [-0.2, -0.15) is 0 Å².